The van der Waals surface area contributed by atoms with E-state index in [1.54, 1.807) is 0 Å². The van der Waals surface area contributed by atoms with Crippen LogP contribution in [0.3, 0.4) is 0 Å². The van der Waals surface area contributed by atoms with Gasteiger partial charge in [0.1, 0.15) is 6.61 Å². The molecule has 0 aromatic rings. The average Bonchev–Trinajstić information content (AvgIpc) is 3.36. The number of nitrogens with two attached hydrogens (primary N) is 1. The van der Waals surface area contributed by atoms with Crippen molar-refractivity contribution in [2.45, 2.75) is 200 Å². The highest BCUT2D eigenvalue weighted by molar-refractivity contribution is 7.47. The monoisotopic (exact) mass is 1000 g/mol. The number of carbonyl (C=O) groups excluding carboxylic acids is 2. The molecule has 0 aromatic carbocycles. The highest BCUT2D eigenvalue weighted by atomic mass is 31.2. The van der Waals surface area contributed by atoms with Gasteiger partial charge in [0.2, 0.25) is 0 Å². The lowest BCUT2D eigenvalue weighted by atomic mass is 10.1. The molecular formula is C61H98NO8P. The van der Waals surface area contributed by atoms with Gasteiger partial charge in [0.15, 0.2) is 6.10 Å². The standard InChI is InChI=1S/C61H98NO8P/c1-3-5-7-9-11-13-15-17-19-20-21-22-23-24-25-26-27-28-29-30-31-32-33-34-35-36-37-38-40-42-44-46-48-50-52-54-61(64)70-59(58-69-71(65,66)68-56-55-62)57-67-60(63)53-51-49-47-45-43-41-39-18-16-14-12-10-8-6-4-2/h5,7,11-14,17-19,21-22,24-25,27-28,30-31,33-34,36-37,39-40,42,59H,3-4,6,8-10,15-16,20,23,26,29,32,35,38,41,43-58,62H2,1-2H3,(H,65,66)/b7-5-,13-11-,14-12-,19-17-,22-21-,25-24-,28-27-,31-30-,34-33-,37-36-,39-18-,42-40-. The molecule has 400 valence electrons. The van der Waals surface area contributed by atoms with Crippen LogP contribution < -0.4 is 5.73 Å². The minimum Gasteiger partial charge on any atom is -0.462 e. The number of phosphoric ester groups is 1. The summed E-state index contributed by atoms with van der Waals surface area (Å²) in [6.45, 7) is 3.52. The van der Waals surface area contributed by atoms with Gasteiger partial charge in [0.05, 0.1) is 13.2 Å². The maximum Gasteiger partial charge on any atom is 0.472 e. The highest BCUT2D eigenvalue weighted by Crippen LogP contribution is 2.43. The van der Waals surface area contributed by atoms with Crippen LogP contribution in [0.5, 0.6) is 0 Å². The number of ether oxygens (including phenoxy) is 2. The summed E-state index contributed by atoms with van der Waals surface area (Å²) in [4.78, 5) is 35.1. The first-order chi connectivity index (χ1) is 34.8. The molecule has 2 unspecified atom stereocenters. The first-order valence-electron chi connectivity index (χ1n) is 27.3. The normalized spacial score (nSPS) is 14.3. The molecule has 0 bridgehead atoms. The summed E-state index contributed by atoms with van der Waals surface area (Å²) in [6, 6.07) is 0. The van der Waals surface area contributed by atoms with Crippen molar-refractivity contribution in [2.24, 2.45) is 5.73 Å². The Morgan fingerprint density at radius 1 is 0.437 bits per heavy atom. The van der Waals surface area contributed by atoms with Crippen molar-refractivity contribution in [1.82, 2.24) is 0 Å². The Balaban J connectivity index is 4.12. The number of allylic oxidation sites excluding steroid dienone is 24. The summed E-state index contributed by atoms with van der Waals surface area (Å²) in [5, 5.41) is 0. The molecule has 0 aliphatic rings. The molecule has 0 fully saturated rings. The molecule has 0 spiro atoms. The summed E-state index contributed by atoms with van der Waals surface area (Å²) < 4.78 is 32.9. The Hall–Kier alpha value is -4.11. The number of hydrogen-bond acceptors (Lipinski definition) is 8. The van der Waals surface area contributed by atoms with Crippen molar-refractivity contribution in [3.63, 3.8) is 0 Å². The average molecular weight is 1000 g/mol. The molecule has 2 atom stereocenters. The van der Waals surface area contributed by atoms with Crippen molar-refractivity contribution in [1.29, 1.82) is 0 Å². The third kappa shape index (κ3) is 55.1. The summed E-state index contributed by atoms with van der Waals surface area (Å²) in [5.41, 5.74) is 5.36. The van der Waals surface area contributed by atoms with Gasteiger partial charge in [-0.15, -0.1) is 0 Å². The molecule has 0 amide bonds. The minimum absolute atomic E-state index is 0.0387. The number of unbranched alkanes of at least 4 members (excludes halogenated alkanes) is 12. The Kier molecular flexibility index (Phi) is 52.0. The second kappa shape index (κ2) is 55.2. The first kappa shape index (κ1) is 66.9. The van der Waals surface area contributed by atoms with Gasteiger partial charge >= 0.3 is 19.8 Å². The molecule has 0 aromatic heterocycles. The first-order valence-corrected chi connectivity index (χ1v) is 28.8. The number of rotatable bonds is 49. The fraction of sp³-hybridized carbons (Fsp3) is 0.574. The second-order valence-electron chi connectivity index (χ2n) is 17.4. The van der Waals surface area contributed by atoms with Crippen LogP contribution in [-0.4, -0.2) is 49.3 Å². The molecule has 3 N–H and O–H groups in total. The van der Waals surface area contributed by atoms with E-state index in [1.807, 2.05) is 0 Å². The smallest absolute Gasteiger partial charge is 0.462 e. The summed E-state index contributed by atoms with van der Waals surface area (Å²) in [6.07, 6.45) is 78.9. The SMILES string of the molecule is CC/C=C\C/C=C\C/C=C\C/C=C\C/C=C\C/C=C\C/C=C\C/C=C\C/C=C\C/C=C\CCCCCCC(=O)OC(COC(=O)CCCCCCC/C=C\C/C=C\CCCCC)COP(=O)(O)OCCN. The van der Waals surface area contributed by atoms with E-state index in [0.29, 0.717) is 12.8 Å². The number of carbonyl (C=O) groups is 2. The van der Waals surface area contributed by atoms with Crippen LogP contribution in [0.1, 0.15) is 194 Å². The van der Waals surface area contributed by atoms with E-state index >= 15 is 0 Å². The lowest BCUT2D eigenvalue weighted by Crippen LogP contribution is -2.29. The van der Waals surface area contributed by atoms with E-state index in [2.05, 4.69) is 160 Å². The predicted octanol–water partition coefficient (Wildman–Crippen LogP) is 17.2. The summed E-state index contributed by atoms with van der Waals surface area (Å²) in [5.74, 6) is -0.887. The van der Waals surface area contributed by atoms with Crippen LogP contribution in [0.2, 0.25) is 0 Å². The van der Waals surface area contributed by atoms with Crippen LogP contribution in [-0.2, 0) is 32.7 Å². The molecule has 0 aliphatic heterocycles. The van der Waals surface area contributed by atoms with Crippen molar-refractivity contribution in [3.8, 4) is 0 Å². The van der Waals surface area contributed by atoms with E-state index in [1.165, 1.54) is 25.7 Å². The zero-order valence-electron chi connectivity index (χ0n) is 44.4. The van der Waals surface area contributed by atoms with Gasteiger partial charge in [0, 0.05) is 19.4 Å². The van der Waals surface area contributed by atoms with Gasteiger partial charge < -0.3 is 20.1 Å². The van der Waals surface area contributed by atoms with Gasteiger partial charge in [-0.2, -0.15) is 0 Å². The zero-order chi connectivity index (χ0) is 51.7. The van der Waals surface area contributed by atoms with Gasteiger partial charge in [-0.1, -0.05) is 205 Å². The van der Waals surface area contributed by atoms with Gasteiger partial charge in [0.25, 0.3) is 0 Å². The van der Waals surface area contributed by atoms with Crippen LogP contribution >= 0.6 is 7.82 Å². The number of hydrogen-bond donors (Lipinski definition) is 2. The molecule has 0 saturated carbocycles. The summed E-state index contributed by atoms with van der Waals surface area (Å²) >= 11 is 0. The van der Waals surface area contributed by atoms with Crippen LogP contribution in [0.15, 0.2) is 146 Å². The topological polar surface area (TPSA) is 134 Å². The largest absolute Gasteiger partial charge is 0.472 e. The number of esters is 2. The fourth-order valence-electron chi connectivity index (χ4n) is 6.69. The molecule has 71 heavy (non-hydrogen) atoms. The van der Waals surface area contributed by atoms with Crippen molar-refractivity contribution in [2.75, 3.05) is 26.4 Å². The van der Waals surface area contributed by atoms with Crippen LogP contribution in [0, 0.1) is 0 Å². The van der Waals surface area contributed by atoms with Crippen LogP contribution in [0.25, 0.3) is 0 Å². The highest BCUT2D eigenvalue weighted by Gasteiger charge is 2.26. The van der Waals surface area contributed by atoms with Crippen molar-refractivity contribution >= 4 is 19.8 Å². The minimum atomic E-state index is -4.41. The Morgan fingerprint density at radius 3 is 1.15 bits per heavy atom. The predicted molar refractivity (Wildman–Crippen MR) is 302 cm³/mol. The van der Waals surface area contributed by atoms with Gasteiger partial charge in [-0.05, 0) is 122 Å². The quantitative estimate of drug-likeness (QED) is 0.0264. The molecule has 0 saturated heterocycles. The van der Waals surface area contributed by atoms with E-state index in [9.17, 15) is 19.0 Å². The van der Waals surface area contributed by atoms with Crippen LogP contribution in [0.4, 0.5) is 0 Å². The lowest BCUT2D eigenvalue weighted by molar-refractivity contribution is -0.161. The maximum atomic E-state index is 12.7. The van der Waals surface area contributed by atoms with Gasteiger partial charge in [-0.25, -0.2) is 4.57 Å². The van der Waals surface area contributed by atoms with Gasteiger partial charge in [-0.3, -0.25) is 18.6 Å². The molecule has 0 radical (unpaired) electrons. The Bertz CT molecular complexity index is 1660. The maximum absolute atomic E-state index is 12.7. The number of phosphoric acid groups is 1. The van der Waals surface area contributed by atoms with E-state index < -0.39 is 32.5 Å². The molecule has 0 aliphatic carbocycles. The second-order valence-corrected chi connectivity index (χ2v) is 18.8. The van der Waals surface area contributed by atoms with E-state index in [4.69, 9.17) is 24.3 Å². The summed E-state index contributed by atoms with van der Waals surface area (Å²) in [7, 11) is -4.41. The lowest BCUT2D eigenvalue weighted by Gasteiger charge is -2.19. The third-order valence-corrected chi connectivity index (χ3v) is 11.7. The molecular weight excluding hydrogens is 906 g/mol. The van der Waals surface area contributed by atoms with Crippen molar-refractivity contribution in [3.05, 3.63) is 146 Å². The third-order valence-electron chi connectivity index (χ3n) is 10.7. The van der Waals surface area contributed by atoms with E-state index in [0.717, 1.165) is 128 Å². The van der Waals surface area contributed by atoms with E-state index in [-0.39, 0.29) is 32.6 Å². The molecule has 0 heterocycles. The Labute approximate surface area is 433 Å². The molecule has 9 nitrogen and oxygen atoms in total. The molecule has 10 heteroatoms. The molecule has 0 rings (SSSR count). The fourth-order valence-corrected chi connectivity index (χ4v) is 7.46. The Morgan fingerprint density at radius 2 is 0.775 bits per heavy atom. The van der Waals surface area contributed by atoms with Crippen molar-refractivity contribution < 1.29 is 37.6 Å². The zero-order valence-corrected chi connectivity index (χ0v) is 45.3.